The van der Waals surface area contributed by atoms with Crippen molar-refractivity contribution < 1.29 is 19.9 Å². The smallest absolute Gasteiger partial charge is 0.363 e. The van der Waals surface area contributed by atoms with Gasteiger partial charge < -0.3 is 15.2 Å². The minimum Gasteiger partial charge on any atom is -0.450 e. The highest BCUT2D eigenvalue weighted by Crippen LogP contribution is 2.37. The van der Waals surface area contributed by atoms with E-state index in [1.807, 2.05) is 0 Å². The van der Waals surface area contributed by atoms with Crippen molar-refractivity contribution in [3.8, 4) is 0 Å². The third-order valence-electron chi connectivity index (χ3n) is 2.20. The normalized spacial score (nSPS) is 34.2. The van der Waals surface area contributed by atoms with E-state index in [1.54, 1.807) is 0 Å². The molecule has 0 spiro atoms. The van der Waals surface area contributed by atoms with Gasteiger partial charge in [0.15, 0.2) is 11.8 Å². The van der Waals surface area contributed by atoms with E-state index in [0.717, 1.165) is 12.8 Å². The molecule has 1 aliphatic carbocycles. The molecule has 6 nitrogen and oxygen atoms in total. The Morgan fingerprint density at radius 3 is 2.46 bits per heavy atom. The molecular formula is C7H8N2O4. The molecule has 6 heteroatoms. The Bertz CT molecular complexity index is 306. The van der Waals surface area contributed by atoms with Crippen LogP contribution in [0, 0.1) is 5.92 Å². The van der Waals surface area contributed by atoms with Crippen molar-refractivity contribution in [2.24, 2.45) is 16.2 Å². The van der Waals surface area contributed by atoms with Crippen LogP contribution in [0.3, 0.4) is 0 Å². The number of hydrogen-bond donors (Lipinski definition) is 2. The number of hydrogen-bond acceptors (Lipinski definition) is 6. The summed E-state index contributed by atoms with van der Waals surface area (Å²) in [5, 5.41) is 22.7. The predicted molar refractivity (Wildman–Crippen MR) is 41.0 cm³/mol. The fourth-order valence-corrected chi connectivity index (χ4v) is 1.38. The zero-order valence-electron chi connectivity index (χ0n) is 6.67. The maximum Gasteiger partial charge on any atom is 0.363 e. The largest absolute Gasteiger partial charge is 0.450 e. The Labute approximate surface area is 73.5 Å². The first-order valence-electron chi connectivity index (χ1n) is 3.93. The minimum absolute atomic E-state index is 0.0370. The number of cyclic esters (lactones) is 1. The average Bonchev–Trinajstić information content (AvgIpc) is 2.90. The van der Waals surface area contributed by atoms with Gasteiger partial charge in [-0.15, -0.1) is 0 Å². The standard InChI is InChI=1S/C7H8N2O4/c10-7-5(9-12)4(8-11)6(13-7)3-1-2-3/h3,6,11-12H,1-2H2. The van der Waals surface area contributed by atoms with Gasteiger partial charge in [-0.05, 0) is 12.8 Å². The van der Waals surface area contributed by atoms with Crippen LogP contribution in [-0.2, 0) is 9.53 Å². The second-order valence-corrected chi connectivity index (χ2v) is 3.10. The quantitative estimate of drug-likeness (QED) is 0.340. The van der Waals surface area contributed by atoms with E-state index in [9.17, 15) is 4.79 Å². The SMILES string of the molecule is O=C1OC(C2CC2)C(=NO)C1=NO. The van der Waals surface area contributed by atoms with Crippen molar-refractivity contribution in [1.82, 2.24) is 0 Å². The lowest BCUT2D eigenvalue weighted by Crippen LogP contribution is -2.22. The number of nitrogens with zero attached hydrogens (tertiary/aromatic N) is 2. The van der Waals surface area contributed by atoms with E-state index in [0.29, 0.717) is 0 Å². The van der Waals surface area contributed by atoms with Crippen molar-refractivity contribution in [3.05, 3.63) is 0 Å². The van der Waals surface area contributed by atoms with Gasteiger partial charge in [0.2, 0.25) is 5.71 Å². The van der Waals surface area contributed by atoms with Gasteiger partial charge in [0.1, 0.15) is 0 Å². The van der Waals surface area contributed by atoms with E-state index in [1.165, 1.54) is 0 Å². The number of rotatable bonds is 1. The lowest BCUT2D eigenvalue weighted by atomic mass is 10.1. The summed E-state index contributed by atoms with van der Waals surface area (Å²) < 4.78 is 4.87. The third kappa shape index (κ3) is 1.14. The number of carbonyl (C=O) groups excluding carboxylic acids is 1. The van der Waals surface area contributed by atoms with Gasteiger partial charge in [0.05, 0.1) is 0 Å². The molecule has 1 unspecified atom stereocenters. The van der Waals surface area contributed by atoms with Crippen LogP contribution in [0.15, 0.2) is 10.3 Å². The van der Waals surface area contributed by atoms with Gasteiger partial charge in [-0.1, -0.05) is 10.3 Å². The Kier molecular flexibility index (Phi) is 1.68. The lowest BCUT2D eigenvalue weighted by Gasteiger charge is -2.04. The lowest BCUT2D eigenvalue weighted by molar-refractivity contribution is -0.136. The van der Waals surface area contributed by atoms with Crippen molar-refractivity contribution in [1.29, 1.82) is 0 Å². The molecule has 1 heterocycles. The van der Waals surface area contributed by atoms with Gasteiger partial charge in [-0.2, -0.15) is 0 Å². The molecule has 1 aliphatic heterocycles. The van der Waals surface area contributed by atoms with Crippen LogP contribution in [0.1, 0.15) is 12.8 Å². The molecule has 70 valence electrons. The van der Waals surface area contributed by atoms with Crippen molar-refractivity contribution in [2.75, 3.05) is 0 Å². The molecule has 0 bridgehead atoms. The average molecular weight is 184 g/mol. The van der Waals surface area contributed by atoms with E-state index in [4.69, 9.17) is 15.2 Å². The summed E-state index contributed by atoms with van der Waals surface area (Å²) in [6.07, 6.45) is 1.36. The summed E-state index contributed by atoms with van der Waals surface area (Å²) in [6, 6.07) is 0. The molecule has 0 radical (unpaired) electrons. The Morgan fingerprint density at radius 2 is 2.00 bits per heavy atom. The molecular weight excluding hydrogens is 176 g/mol. The van der Waals surface area contributed by atoms with Crippen LogP contribution in [0.25, 0.3) is 0 Å². The Morgan fingerprint density at radius 1 is 1.31 bits per heavy atom. The zero-order chi connectivity index (χ0) is 9.42. The van der Waals surface area contributed by atoms with E-state index in [2.05, 4.69) is 10.3 Å². The zero-order valence-corrected chi connectivity index (χ0v) is 6.67. The van der Waals surface area contributed by atoms with Crippen LogP contribution >= 0.6 is 0 Å². The van der Waals surface area contributed by atoms with Crippen molar-refractivity contribution in [2.45, 2.75) is 18.9 Å². The monoisotopic (exact) mass is 184 g/mol. The Balaban J connectivity index is 2.29. The molecule has 0 aromatic heterocycles. The van der Waals surface area contributed by atoms with Gasteiger partial charge >= 0.3 is 5.97 Å². The van der Waals surface area contributed by atoms with Crippen LogP contribution in [0.5, 0.6) is 0 Å². The first-order valence-corrected chi connectivity index (χ1v) is 3.93. The second kappa shape index (κ2) is 2.72. The van der Waals surface area contributed by atoms with E-state index in [-0.39, 0.29) is 17.3 Å². The fourth-order valence-electron chi connectivity index (χ4n) is 1.38. The van der Waals surface area contributed by atoms with Crippen molar-refractivity contribution in [3.63, 3.8) is 0 Å². The van der Waals surface area contributed by atoms with Crippen LogP contribution in [0.2, 0.25) is 0 Å². The number of carbonyl (C=O) groups is 1. The molecule has 2 N–H and O–H groups in total. The van der Waals surface area contributed by atoms with Crippen LogP contribution < -0.4 is 0 Å². The molecule has 13 heavy (non-hydrogen) atoms. The molecule has 2 rings (SSSR count). The number of oxime groups is 2. The van der Waals surface area contributed by atoms with Gasteiger partial charge in [0, 0.05) is 5.92 Å². The van der Waals surface area contributed by atoms with Crippen LogP contribution in [0.4, 0.5) is 0 Å². The molecule has 1 saturated heterocycles. The fraction of sp³-hybridized carbons (Fsp3) is 0.571. The third-order valence-corrected chi connectivity index (χ3v) is 2.20. The van der Waals surface area contributed by atoms with Gasteiger partial charge in [-0.25, -0.2) is 4.79 Å². The summed E-state index contributed by atoms with van der Waals surface area (Å²) in [7, 11) is 0. The first kappa shape index (κ1) is 8.03. The maximum absolute atomic E-state index is 11.0. The highest BCUT2D eigenvalue weighted by molar-refractivity contribution is 6.69. The van der Waals surface area contributed by atoms with Crippen LogP contribution in [-0.4, -0.2) is 33.9 Å². The predicted octanol–water partition coefficient (Wildman–Crippen LogP) is -0.0178. The molecule has 2 aliphatic rings. The molecule has 1 saturated carbocycles. The summed E-state index contributed by atoms with van der Waals surface area (Å²) in [5.41, 5.74) is -0.255. The van der Waals surface area contributed by atoms with Gasteiger partial charge in [-0.3, -0.25) is 0 Å². The Hall–Kier alpha value is -1.59. The summed E-state index contributed by atoms with van der Waals surface area (Å²) >= 11 is 0. The first-order chi connectivity index (χ1) is 6.27. The number of ether oxygens (including phenoxy) is 1. The number of esters is 1. The minimum atomic E-state index is -0.729. The molecule has 0 aromatic carbocycles. The summed E-state index contributed by atoms with van der Waals surface area (Å²) in [4.78, 5) is 11.0. The molecule has 2 fully saturated rings. The highest BCUT2D eigenvalue weighted by Gasteiger charge is 2.47. The van der Waals surface area contributed by atoms with E-state index >= 15 is 0 Å². The highest BCUT2D eigenvalue weighted by atomic mass is 16.6. The molecule has 1 atom stereocenters. The molecule has 0 aromatic rings. The second-order valence-electron chi connectivity index (χ2n) is 3.10. The van der Waals surface area contributed by atoms with Gasteiger partial charge in [0.25, 0.3) is 0 Å². The summed E-state index contributed by atoms with van der Waals surface area (Å²) in [6.45, 7) is 0. The summed E-state index contributed by atoms with van der Waals surface area (Å²) in [5.74, 6) is -0.513. The molecule has 0 amide bonds. The van der Waals surface area contributed by atoms with Crippen molar-refractivity contribution >= 4 is 17.4 Å². The maximum atomic E-state index is 11.0. The topological polar surface area (TPSA) is 91.5 Å². The van der Waals surface area contributed by atoms with E-state index < -0.39 is 12.1 Å².